The normalized spacial score (nSPS) is 10.2. The average molecular weight is 514 g/mol. The number of aromatic hydroxyl groups is 1. The lowest BCUT2D eigenvalue weighted by Crippen LogP contribution is -2.31. The lowest BCUT2D eigenvalue weighted by atomic mass is 9.97. The third-order valence-corrected chi connectivity index (χ3v) is 6.01. The van der Waals surface area contributed by atoms with Crippen LogP contribution in [0.2, 0.25) is 0 Å². The highest BCUT2D eigenvalue weighted by Crippen LogP contribution is 2.36. The first-order chi connectivity index (χ1) is 17.9. The third kappa shape index (κ3) is 5.90. The molecule has 11 heteroatoms. The highest BCUT2D eigenvalue weighted by molar-refractivity contribution is 7.12. The van der Waals surface area contributed by atoms with E-state index in [1.54, 1.807) is 66.0 Å². The van der Waals surface area contributed by atoms with Gasteiger partial charge in [0.2, 0.25) is 5.91 Å². The molecule has 4 rings (SSSR count). The van der Waals surface area contributed by atoms with Crippen molar-refractivity contribution < 1.29 is 24.6 Å². The molecule has 4 aromatic rings. The molecular weight excluding hydrogens is 494 g/mol. The van der Waals surface area contributed by atoms with E-state index in [0.29, 0.717) is 32.9 Å². The van der Waals surface area contributed by atoms with Crippen LogP contribution in [0.1, 0.15) is 15.2 Å². The molecular formula is C26H19N5O5S. The van der Waals surface area contributed by atoms with Gasteiger partial charge in [-0.25, -0.2) is 9.78 Å². The molecule has 0 spiro atoms. The Balaban J connectivity index is 1.79. The van der Waals surface area contributed by atoms with Gasteiger partial charge in [-0.1, -0.05) is 30.3 Å². The van der Waals surface area contributed by atoms with Crippen LogP contribution in [0.4, 0.5) is 16.3 Å². The van der Waals surface area contributed by atoms with Crippen molar-refractivity contribution in [2.75, 3.05) is 17.2 Å². The van der Waals surface area contributed by atoms with E-state index >= 15 is 0 Å². The zero-order valence-corrected chi connectivity index (χ0v) is 19.9. The monoisotopic (exact) mass is 513 g/mol. The number of rotatable bonds is 7. The van der Waals surface area contributed by atoms with Gasteiger partial charge in [-0.3, -0.25) is 9.59 Å². The quantitative estimate of drug-likeness (QED) is 0.242. The standard InChI is InChI=1S/C26H19N5O5S/c27-13-19-18(15-5-3-6-16(11-15)29-23(33)14-28-26(35)36)12-20(17-7-1-2-8-21(17)32)30-24(19)31-25(34)22-9-4-10-37-22/h1-12,28,32H,14H2,(H,29,33)(H,35,36)(H,30,31,34). The number of pyridine rings is 1. The van der Waals surface area contributed by atoms with Crippen LogP contribution in [0.3, 0.4) is 0 Å². The van der Waals surface area contributed by atoms with Crippen molar-refractivity contribution in [2.45, 2.75) is 0 Å². The van der Waals surface area contributed by atoms with Gasteiger partial charge in [0, 0.05) is 16.8 Å². The maximum absolute atomic E-state index is 12.8. The molecule has 5 N–H and O–H groups in total. The molecule has 0 aliphatic rings. The first-order valence-electron chi connectivity index (χ1n) is 10.8. The Hall–Kier alpha value is -5.21. The van der Waals surface area contributed by atoms with Crippen LogP contribution in [0, 0.1) is 11.3 Å². The van der Waals surface area contributed by atoms with Crippen molar-refractivity contribution >= 4 is 40.7 Å². The molecule has 37 heavy (non-hydrogen) atoms. The number of hydrogen-bond acceptors (Lipinski definition) is 7. The Kier molecular flexibility index (Phi) is 7.42. The topological polar surface area (TPSA) is 164 Å². The van der Waals surface area contributed by atoms with Gasteiger partial charge in [-0.15, -0.1) is 11.3 Å². The van der Waals surface area contributed by atoms with Gasteiger partial charge in [0.15, 0.2) is 5.82 Å². The number of anilines is 2. The molecule has 10 nitrogen and oxygen atoms in total. The molecule has 3 amide bonds. The Morgan fingerprint density at radius 2 is 1.78 bits per heavy atom. The van der Waals surface area contributed by atoms with Crippen molar-refractivity contribution in [3.63, 3.8) is 0 Å². The number of para-hydroxylation sites is 1. The summed E-state index contributed by atoms with van der Waals surface area (Å²) >= 11 is 1.24. The molecule has 2 heterocycles. The van der Waals surface area contributed by atoms with Crippen LogP contribution in [0.15, 0.2) is 72.1 Å². The van der Waals surface area contributed by atoms with Crippen molar-refractivity contribution in [3.05, 3.63) is 82.6 Å². The second kappa shape index (κ2) is 11.0. The highest BCUT2D eigenvalue weighted by atomic mass is 32.1. The van der Waals surface area contributed by atoms with Crippen LogP contribution in [-0.2, 0) is 4.79 Å². The molecule has 0 bridgehead atoms. The summed E-state index contributed by atoms with van der Waals surface area (Å²) in [5.74, 6) is -1.04. The van der Waals surface area contributed by atoms with Gasteiger partial charge in [-0.05, 0) is 47.3 Å². The molecule has 0 saturated heterocycles. The smallest absolute Gasteiger partial charge is 0.405 e. The largest absolute Gasteiger partial charge is 0.507 e. The SMILES string of the molecule is N#Cc1c(-c2cccc(NC(=O)CNC(=O)O)c2)cc(-c2ccccc2O)nc1NC(=O)c1cccs1. The van der Waals surface area contributed by atoms with Gasteiger partial charge in [0.05, 0.1) is 10.6 Å². The summed E-state index contributed by atoms with van der Waals surface area (Å²) in [6.45, 7) is -0.436. The van der Waals surface area contributed by atoms with Gasteiger partial charge < -0.3 is 26.2 Å². The fraction of sp³-hybridized carbons (Fsp3) is 0.0385. The minimum atomic E-state index is -1.33. The predicted molar refractivity (Wildman–Crippen MR) is 138 cm³/mol. The Morgan fingerprint density at radius 3 is 2.49 bits per heavy atom. The van der Waals surface area contributed by atoms with Crippen molar-refractivity contribution in [3.8, 4) is 34.2 Å². The van der Waals surface area contributed by atoms with Crippen LogP contribution in [0.25, 0.3) is 22.4 Å². The molecule has 0 saturated carbocycles. The second-order valence-corrected chi connectivity index (χ2v) is 8.57. The van der Waals surface area contributed by atoms with Crippen LogP contribution in [-0.4, -0.2) is 39.6 Å². The van der Waals surface area contributed by atoms with Gasteiger partial charge in [-0.2, -0.15) is 5.26 Å². The summed E-state index contributed by atoms with van der Waals surface area (Å²) in [5, 5.41) is 38.2. The van der Waals surface area contributed by atoms with E-state index in [2.05, 4.69) is 21.7 Å². The molecule has 0 aliphatic heterocycles. The summed E-state index contributed by atoms with van der Waals surface area (Å²) in [6, 6.07) is 20.2. The first kappa shape index (κ1) is 24.9. The number of thiophene rings is 1. The Labute approximate surface area is 214 Å². The maximum Gasteiger partial charge on any atom is 0.405 e. The Bertz CT molecular complexity index is 1530. The van der Waals surface area contributed by atoms with Crippen molar-refractivity contribution in [1.82, 2.24) is 10.3 Å². The molecule has 0 radical (unpaired) electrons. The maximum atomic E-state index is 12.8. The summed E-state index contributed by atoms with van der Waals surface area (Å²) in [6.07, 6.45) is -1.33. The number of nitrogens with zero attached hydrogens (tertiary/aromatic N) is 2. The minimum absolute atomic E-state index is 0.0109. The van der Waals surface area contributed by atoms with Crippen molar-refractivity contribution in [1.29, 1.82) is 5.26 Å². The van der Waals surface area contributed by atoms with Gasteiger partial charge in [0.1, 0.15) is 23.9 Å². The lowest BCUT2D eigenvalue weighted by Gasteiger charge is -2.15. The number of nitriles is 1. The zero-order chi connectivity index (χ0) is 26.4. The molecule has 0 atom stereocenters. The number of hydrogen-bond donors (Lipinski definition) is 5. The summed E-state index contributed by atoms with van der Waals surface area (Å²) in [7, 11) is 0. The number of benzene rings is 2. The fourth-order valence-electron chi connectivity index (χ4n) is 3.51. The number of carboxylic acid groups (broad SMARTS) is 1. The molecule has 2 aromatic carbocycles. The Morgan fingerprint density at radius 1 is 0.973 bits per heavy atom. The molecule has 0 unspecified atom stereocenters. The highest BCUT2D eigenvalue weighted by Gasteiger charge is 2.20. The van der Waals surface area contributed by atoms with Crippen LogP contribution >= 0.6 is 11.3 Å². The second-order valence-electron chi connectivity index (χ2n) is 7.63. The molecule has 184 valence electrons. The van der Waals surface area contributed by atoms with E-state index in [1.165, 1.54) is 17.4 Å². The van der Waals surface area contributed by atoms with Gasteiger partial charge >= 0.3 is 6.09 Å². The zero-order valence-electron chi connectivity index (χ0n) is 19.1. The molecule has 0 aliphatic carbocycles. The average Bonchev–Trinajstić information content (AvgIpc) is 3.43. The van der Waals surface area contributed by atoms with E-state index in [9.17, 15) is 24.8 Å². The van der Waals surface area contributed by atoms with Crippen LogP contribution in [0.5, 0.6) is 5.75 Å². The third-order valence-electron chi connectivity index (χ3n) is 5.15. The number of phenols is 1. The number of carbonyl (C=O) groups excluding carboxylic acids is 2. The molecule has 2 aromatic heterocycles. The number of carbonyl (C=O) groups is 3. The van der Waals surface area contributed by atoms with Crippen molar-refractivity contribution in [2.24, 2.45) is 0 Å². The van der Waals surface area contributed by atoms with Crippen LogP contribution < -0.4 is 16.0 Å². The van der Waals surface area contributed by atoms with E-state index < -0.39 is 24.5 Å². The summed E-state index contributed by atoms with van der Waals surface area (Å²) < 4.78 is 0. The number of phenolic OH excluding ortho intramolecular Hbond substituents is 1. The van der Waals surface area contributed by atoms with Gasteiger partial charge in [0.25, 0.3) is 5.91 Å². The predicted octanol–water partition coefficient (Wildman–Crippen LogP) is 4.51. The summed E-state index contributed by atoms with van der Waals surface area (Å²) in [4.78, 5) is 40.4. The summed E-state index contributed by atoms with van der Waals surface area (Å²) in [5.41, 5.74) is 2.07. The molecule has 0 fully saturated rings. The lowest BCUT2D eigenvalue weighted by molar-refractivity contribution is -0.115. The van der Waals surface area contributed by atoms with E-state index in [4.69, 9.17) is 5.11 Å². The first-order valence-corrected chi connectivity index (χ1v) is 11.7. The van der Waals surface area contributed by atoms with E-state index in [1.807, 2.05) is 5.32 Å². The van der Waals surface area contributed by atoms with E-state index in [-0.39, 0.29) is 17.1 Å². The minimum Gasteiger partial charge on any atom is -0.507 e. The fourth-order valence-corrected chi connectivity index (χ4v) is 4.13. The number of amides is 3. The number of nitrogens with one attached hydrogen (secondary N) is 3. The number of aromatic nitrogens is 1. The van der Waals surface area contributed by atoms with E-state index in [0.717, 1.165) is 0 Å².